The van der Waals surface area contributed by atoms with E-state index in [1.165, 1.54) is 23.4 Å². The van der Waals surface area contributed by atoms with Crippen molar-refractivity contribution in [3.8, 4) is 17.5 Å². The van der Waals surface area contributed by atoms with E-state index in [4.69, 9.17) is 4.52 Å². The highest BCUT2D eigenvalue weighted by Crippen LogP contribution is 2.37. The lowest BCUT2D eigenvalue weighted by Crippen LogP contribution is -2.39. The third kappa shape index (κ3) is 4.88. The third-order valence-corrected chi connectivity index (χ3v) is 7.74. The zero-order valence-electron chi connectivity index (χ0n) is 18.8. The highest BCUT2D eigenvalue weighted by atomic mass is 32.1. The smallest absolute Gasteiger partial charge is 0.239 e. The number of amides is 1. The Morgan fingerprint density at radius 1 is 1.29 bits per heavy atom. The normalized spacial score (nSPS) is 18.6. The van der Waals surface area contributed by atoms with E-state index < -0.39 is 0 Å². The largest absolute Gasteiger partial charge is 0.339 e. The van der Waals surface area contributed by atoms with Crippen molar-refractivity contribution in [2.24, 2.45) is 0 Å². The van der Waals surface area contributed by atoms with Crippen molar-refractivity contribution in [1.82, 2.24) is 15.0 Å². The number of rotatable bonds is 5. The number of nitriles is 1. The summed E-state index contributed by atoms with van der Waals surface area (Å²) in [5, 5.41) is 17.4. The molecule has 1 aromatic carbocycles. The van der Waals surface area contributed by atoms with Crippen LogP contribution in [-0.4, -0.2) is 40.6 Å². The fourth-order valence-corrected chi connectivity index (χ4v) is 6.12. The highest BCUT2D eigenvalue weighted by molar-refractivity contribution is 7.16. The summed E-state index contributed by atoms with van der Waals surface area (Å²) in [5.74, 6) is 0.438. The molecule has 0 saturated carbocycles. The number of aryl methyl sites for hydroxylation is 1. The predicted molar refractivity (Wildman–Crippen MR) is 127 cm³/mol. The Hall–Kier alpha value is -3.09. The lowest BCUT2D eigenvalue weighted by molar-refractivity contribution is -0.117. The zero-order valence-corrected chi connectivity index (χ0v) is 19.7. The fourth-order valence-electron chi connectivity index (χ4n) is 4.86. The second kappa shape index (κ2) is 10.0. The van der Waals surface area contributed by atoms with E-state index in [2.05, 4.69) is 26.4 Å². The minimum atomic E-state index is -0.347. The van der Waals surface area contributed by atoms with Crippen molar-refractivity contribution in [3.05, 3.63) is 52.0 Å². The first-order valence-electron chi connectivity index (χ1n) is 11.8. The second-order valence-electron chi connectivity index (χ2n) is 8.97. The average molecular weight is 480 g/mol. The summed E-state index contributed by atoms with van der Waals surface area (Å²) in [4.78, 5) is 20.7. The van der Waals surface area contributed by atoms with Gasteiger partial charge in [0.25, 0.3) is 0 Å². The summed E-state index contributed by atoms with van der Waals surface area (Å²) < 4.78 is 19.0. The number of anilines is 1. The van der Waals surface area contributed by atoms with Gasteiger partial charge in [0.2, 0.25) is 17.6 Å². The monoisotopic (exact) mass is 479 g/mol. The molecule has 34 heavy (non-hydrogen) atoms. The Labute approximate surface area is 201 Å². The van der Waals surface area contributed by atoms with Gasteiger partial charge in [-0.15, -0.1) is 11.3 Å². The molecule has 1 aliphatic heterocycles. The molecule has 0 radical (unpaired) electrons. The molecule has 9 heteroatoms. The lowest BCUT2D eigenvalue weighted by atomic mass is 9.98. The third-order valence-electron chi connectivity index (χ3n) is 6.53. The number of benzene rings is 1. The summed E-state index contributed by atoms with van der Waals surface area (Å²) >= 11 is 1.56. The maximum atomic E-state index is 13.5. The van der Waals surface area contributed by atoms with Crippen molar-refractivity contribution in [2.75, 3.05) is 25.0 Å². The van der Waals surface area contributed by atoms with Crippen molar-refractivity contribution < 1.29 is 13.7 Å². The maximum Gasteiger partial charge on any atom is 0.239 e. The van der Waals surface area contributed by atoms with Crippen LogP contribution in [0.2, 0.25) is 0 Å². The lowest BCUT2D eigenvalue weighted by Gasteiger charge is -2.30. The van der Waals surface area contributed by atoms with Gasteiger partial charge in [0.15, 0.2) is 0 Å². The molecule has 0 bridgehead atoms. The summed E-state index contributed by atoms with van der Waals surface area (Å²) in [6.45, 7) is 1.68. The van der Waals surface area contributed by atoms with Gasteiger partial charge in [-0.3, -0.25) is 9.69 Å². The fraction of sp³-hybridized carbons (Fsp3) is 0.440. The van der Waals surface area contributed by atoms with E-state index in [0.717, 1.165) is 50.6 Å². The number of hydrogen-bond acceptors (Lipinski definition) is 7. The number of nitrogens with zero attached hydrogens (tertiary/aromatic N) is 4. The van der Waals surface area contributed by atoms with Crippen LogP contribution in [0, 0.1) is 17.1 Å². The van der Waals surface area contributed by atoms with E-state index in [-0.39, 0.29) is 24.2 Å². The van der Waals surface area contributed by atoms with E-state index in [0.29, 0.717) is 34.4 Å². The second-order valence-corrected chi connectivity index (χ2v) is 10.1. The highest BCUT2D eigenvalue weighted by Gasteiger charge is 2.28. The molecule has 1 amide bonds. The molecular formula is C25H26FN5O2S. The van der Waals surface area contributed by atoms with Crippen LogP contribution >= 0.6 is 11.3 Å². The first kappa shape index (κ1) is 22.7. The van der Waals surface area contributed by atoms with E-state index >= 15 is 0 Å². The quantitative estimate of drug-likeness (QED) is 0.523. The number of likely N-dealkylation sites (tertiary alicyclic amines) is 1. The number of halogens is 1. The van der Waals surface area contributed by atoms with Crippen LogP contribution in [0.5, 0.6) is 0 Å². The molecular weight excluding hydrogens is 453 g/mol. The maximum absolute atomic E-state index is 13.5. The SMILES string of the molecule is N#Cc1c(NC(=O)CN2CCCC(c3nc(-c4cccc(F)c4)no3)C2)sc2c1CCCCC2. The van der Waals surface area contributed by atoms with Crippen LogP contribution in [0.1, 0.15) is 59.9 Å². The molecule has 1 atom stereocenters. The van der Waals surface area contributed by atoms with Gasteiger partial charge in [-0.2, -0.15) is 10.2 Å². The molecule has 1 unspecified atom stereocenters. The van der Waals surface area contributed by atoms with Gasteiger partial charge >= 0.3 is 0 Å². The number of piperidine rings is 1. The number of aromatic nitrogens is 2. The van der Waals surface area contributed by atoms with Gasteiger partial charge in [0.05, 0.1) is 18.0 Å². The van der Waals surface area contributed by atoms with Crippen molar-refractivity contribution in [2.45, 2.75) is 50.9 Å². The Bertz CT molecular complexity index is 1230. The number of hydrogen-bond donors (Lipinski definition) is 1. The van der Waals surface area contributed by atoms with Crippen molar-refractivity contribution >= 4 is 22.2 Å². The molecule has 1 N–H and O–H groups in total. The first-order chi connectivity index (χ1) is 16.6. The number of thiophene rings is 1. The Balaban J connectivity index is 1.22. The molecule has 1 aliphatic carbocycles. The predicted octanol–water partition coefficient (Wildman–Crippen LogP) is 4.90. The zero-order chi connectivity index (χ0) is 23.5. The van der Waals surface area contributed by atoms with Gasteiger partial charge < -0.3 is 9.84 Å². The van der Waals surface area contributed by atoms with Gasteiger partial charge in [-0.25, -0.2) is 4.39 Å². The van der Waals surface area contributed by atoms with Gasteiger partial charge in [-0.1, -0.05) is 23.7 Å². The number of nitrogens with one attached hydrogen (secondary N) is 1. The topological polar surface area (TPSA) is 95.1 Å². The minimum absolute atomic E-state index is 0.0174. The molecule has 3 aromatic rings. The van der Waals surface area contributed by atoms with Crippen molar-refractivity contribution in [1.29, 1.82) is 5.26 Å². The van der Waals surface area contributed by atoms with Gasteiger partial charge in [0, 0.05) is 17.0 Å². The standard InChI is InChI=1S/C25H26FN5O2S/c26-18-8-4-6-16(12-18)23-29-24(33-30-23)17-7-5-11-31(14-17)15-22(32)28-25-20(13-27)19-9-2-1-3-10-21(19)34-25/h4,6,8,12,17H,1-3,5,7,9-11,14-15H2,(H,28,32). The van der Waals surface area contributed by atoms with E-state index in [9.17, 15) is 14.4 Å². The number of carbonyl (C=O) groups is 1. The van der Waals surface area contributed by atoms with Crippen LogP contribution in [-0.2, 0) is 17.6 Å². The summed E-state index contributed by atoms with van der Waals surface area (Å²) in [6.07, 6.45) is 7.12. The van der Waals surface area contributed by atoms with Crippen LogP contribution in [0.15, 0.2) is 28.8 Å². The molecule has 1 saturated heterocycles. The Morgan fingerprint density at radius 3 is 3.03 bits per heavy atom. The Morgan fingerprint density at radius 2 is 2.18 bits per heavy atom. The molecule has 0 spiro atoms. The summed E-state index contributed by atoms with van der Waals surface area (Å²) in [6, 6.07) is 8.44. The molecule has 2 aliphatic rings. The van der Waals surface area contributed by atoms with Crippen LogP contribution in [0.3, 0.4) is 0 Å². The van der Waals surface area contributed by atoms with Crippen LogP contribution in [0.4, 0.5) is 9.39 Å². The summed E-state index contributed by atoms with van der Waals surface area (Å²) in [5.41, 5.74) is 2.34. The van der Waals surface area contributed by atoms with Crippen LogP contribution in [0.25, 0.3) is 11.4 Å². The molecule has 2 aromatic heterocycles. The van der Waals surface area contributed by atoms with Crippen LogP contribution < -0.4 is 5.32 Å². The first-order valence-corrected chi connectivity index (χ1v) is 12.6. The molecule has 176 valence electrons. The molecule has 3 heterocycles. The molecule has 5 rings (SSSR count). The number of carbonyl (C=O) groups excluding carboxylic acids is 1. The van der Waals surface area contributed by atoms with Crippen molar-refractivity contribution in [3.63, 3.8) is 0 Å². The van der Waals surface area contributed by atoms with Gasteiger partial charge in [0.1, 0.15) is 16.9 Å². The molecule has 7 nitrogen and oxygen atoms in total. The minimum Gasteiger partial charge on any atom is -0.339 e. The summed E-state index contributed by atoms with van der Waals surface area (Å²) in [7, 11) is 0. The van der Waals surface area contributed by atoms with Gasteiger partial charge in [-0.05, 0) is 62.8 Å². The van der Waals surface area contributed by atoms with E-state index in [1.807, 2.05) is 0 Å². The average Bonchev–Trinajstić information content (AvgIpc) is 3.38. The Kier molecular flexibility index (Phi) is 6.70. The van der Waals surface area contributed by atoms with E-state index in [1.54, 1.807) is 23.5 Å². The number of fused-ring (bicyclic) bond motifs is 1. The molecule has 1 fully saturated rings.